The fourth-order valence-corrected chi connectivity index (χ4v) is 1.86. The van der Waals surface area contributed by atoms with Crippen molar-refractivity contribution in [2.45, 2.75) is 19.0 Å². The molecule has 7 heteroatoms. The maximum Gasteiger partial charge on any atom is 0.433 e. The van der Waals surface area contributed by atoms with Gasteiger partial charge >= 0.3 is 6.18 Å². The van der Waals surface area contributed by atoms with Gasteiger partial charge in [0.25, 0.3) is 5.91 Å². The number of anilines is 1. The van der Waals surface area contributed by atoms with E-state index in [0.29, 0.717) is 12.5 Å². The second-order valence-electron chi connectivity index (χ2n) is 4.75. The van der Waals surface area contributed by atoms with E-state index in [2.05, 4.69) is 4.98 Å². The fraction of sp³-hybridized carbons (Fsp3) is 0.500. The number of hydrogen-bond donors (Lipinski definition) is 1. The van der Waals surface area contributed by atoms with E-state index in [4.69, 9.17) is 5.73 Å². The molecule has 0 radical (unpaired) electrons. The van der Waals surface area contributed by atoms with Gasteiger partial charge < -0.3 is 10.6 Å². The maximum atomic E-state index is 12.6. The number of rotatable bonds is 4. The second-order valence-corrected chi connectivity index (χ2v) is 4.75. The molecule has 0 saturated heterocycles. The molecule has 0 spiro atoms. The van der Waals surface area contributed by atoms with Crippen molar-refractivity contribution in [2.75, 3.05) is 18.5 Å². The van der Waals surface area contributed by atoms with Crippen LogP contribution >= 0.6 is 0 Å². The Balaban J connectivity index is 2.37. The van der Waals surface area contributed by atoms with Crippen molar-refractivity contribution in [3.05, 3.63) is 23.4 Å². The van der Waals surface area contributed by atoms with Crippen molar-refractivity contribution in [2.24, 2.45) is 11.7 Å². The Kier molecular flexibility index (Phi) is 3.38. The molecule has 1 aliphatic carbocycles. The van der Waals surface area contributed by atoms with Crippen LogP contribution in [0, 0.1) is 5.92 Å². The average Bonchev–Trinajstić information content (AvgIpc) is 3.10. The lowest BCUT2D eigenvalue weighted by Crippen LogP contribution is -2.26. The number of carbonyl (C=O) groups is 1. The number of nitrogens with two attached hydrogens (primary N) is 1. The number of aromatic nitrogens is 1. The number of nitrogens with zero attached hydrogens (tertiary/aromatic N) is 2. The maximum absolute atomic E-state index is 12.6. The van der Waals surface area contributed by atoms with Crippen LogP contribution in [-0.4, -0.2) is 24.5 Å². The SMILES string of the molecule is CN(CC1CC1)c1nc(C(F)(F)F)ccc1C(N)=O. The molecule has 104 valence electrons. The Hall–Kier alpha value is -1.79. The largest absolute Gasteiger partial charge is 0.433 e. The molecule has 1 saturated carbocycles. The summed E-state index contributed by atoms with van der Waals surface area (Å²) in [7, 11) is 1.62. The van der Waals surface area contributed by atoms with Gasteiger partial charge in [-0.2, -0.15) is 13.2 Å². The molecular weight excluding hydrogens is 259 g/mol. The van der Waals surface area contributed by atoms with Gasteiger partial charge in [-0.1, -0.05) is 0 Å². The summed E-state index contributed by atoms with van der Waals surface area (Å²) in [5.41, 5.74) is 4.16. The minimum absolute atomic E-state index is 0.00535. The van der Waals surface area contributed by atoms with Crippen LogP contribution < -0.4 is 10.6 Å². The predicted octanol–water partition coefficient (Wildman–Crippen LogP) is 2.05. The third kappa shape index (κ3) is 3.15. The minimum Gasteiger partial charge on any atom is -0.365 e. The summed E-state index contributed by atoms with van der Waals surface area (Å²) in [6.45, 7) is 0.578. The standard InChI is InChI=1S/C12H14F3N3O/c1-18(6-7-2-3-7)11-8(10(16)19)4-5-9(17-11)12(13,14)15/h4-5,7H,2-3,6H2,1H3,(H2,16,19). The molecule has 0 atom stereocenters. The smallest absolute Gasteiger partial charge is 0.365 e. The van der Waals surface area contributed by atoms with E-state index in [1.54, 1.807) is 11.9 Å². The fourth-order valence-electron chi connectivity index (χ4n) is 1.86. The normalized spacial score (nSPS) is 15.4. The summed E-state index contributed by atoms with van der Waals surface area (Å²) in [4.78, 5) is 16.4. The first kappa shape index (κ1) is 13.6. The first-order valence-electron chi connectivity index (χ1n) is 5.88. The molecule has 0 bridgehead atoms. The number of pyridine rings is 1. The zero-order valence-corrected chi connectivity index (χ0v) is 10.4. The van der Waals surface area contributed by atoms with E-state index in [-0.39, 0.29) is 11.4 Å². The van der Waals surface area contributed by atoms with Crippen molar-refractivity contribution in [1.82, 2.24) is 4.98 Å². The Labute approximate surface area is 108 Å². The molecule has 1 fully saturated rings. The van der Waals surface area contributed by atoms with Gasteiger partial charge in [-0.25, -0.2) is 4.98 Å². The van der Waals surface area contributed by atoms with E-state index < -0.39 is 17.8 Å². The average molecular weight is 273 g/mol. The first-order chi connectivity index (χ1) is 8.79. The van der Waals surface area contributed by atoms with Crippen molar-refractivity contribution in [3.63, 3.8) is 0 Å². The highest BCUT2D eigenvalue weighted by molar-refractivity contribution is 5.97. The summed E-state index contributed by atoms with van der Waals surface area (Å²) >= 11 is 0. The third-order valence-electron chi connectivity index (χ3n) is 3.02. The van der Waals surface area contributed by atoms with E-state index in [0.717, 1.165) is 25.0 Å². The topological polar surface area (TPSA) is 59.2 Å². The highest BCUT2D eigenvalue weighted by atomic mass is 19.4. The molecule has 19 heavy (non-hydrogen) atoms. The predicted molar refractivity (Wildman–Crippen MR) is 63.8 cm³/mol. The summed E-state index contributed by atoms with van der Waals surface area (Å²) < 4.78 is 37.9. The Morgan fingerprint density at radius 2 is 2.11 bits per heavy atom. The quantitative estimate of drug-likeness (QED) is 0.913. The zero-order chi connectivity index (χ0) is 14.2. The van der Waals surface area contributed by atoms with Crippen molar-refractivity contribution in [3.8, 4) is 0 Å². The van der Waals surface area contributed by atoms with Gasteiger partial charge in [0.1, 0.15) is 11.5 Å². The number of hydrogen-bond acceptors (Lipinski definition) is 3. The highest BCUT2D eigenvalue weighted by Gasteiger charge is 2.34. The van der Waals surface area contributed by atoms with E-state index >= 15 is 0 Å². The van der Waals surface area contributed by atoms with Crippen LogP contribution in [0.2, 0.25) is 0 Å². The number of carbonyl (C=O) groups excluding carboxylic acids is 1. The molecule has 2 rings (SSSR count). The van der Waals surface area contributed by atoms with Gasteiger partial charge in [-0.05, 0) is 30.9 Å². The van der Waals surface area contributed by atoms with Crippen LogP contribution in [0.3, 0.4) is 0 Å². The van der Waals surface area contributed by atoms with Gasteiger partial charge in [0.2, 0.25) is 0 Å². The lowest BCUT2D eigenvalue weighted by atomic mass is 10.2. The van der Waals surface area contributed by atoms with E-state index in [1.165, 1.54) is 0 Å². The van der Waals surface area contributed by atoms with Crippen molar-refractivity contribution >= 4 is 11.7 Å². The van der Waals surface area contributed by atoms with Crippen molar-refractivity contribution in [1.29, 1.82) is 0 Å². The molecule has 1 heterocycles. The summed E-state index contributed by atoms with van der Waals surface area (Å²) in [5.74, 6) is -0.324. The summed E-state index contributed by atoms with van der Waals surface area (Å²) in [6.07, 6.45) is -2.43. The highest BCUT2D eigenvalue weighted by Crippen LogP contribution is 2.33. The Morgan fingerprint density at radius 1 is 1.47 bits per heavy atom. The molecule has 1 aromatic heterocycles. The monoisotopic (exact) mass is 273 g/mol. The molecule has 1 aliphatic rings. The molecule has 1 aromatic rings. The van der Waals surface area contributed by atoms with Crippen LogP contribution in [0.1, 0.15) is 28.9 Å². The first-order valence-corrected chi connectivity index (χ1v) is 5.88. The number of primary amides is 1. The zero-order valence-electron chi connectivity index (χ0n) is 10.4. The van der Waals surface area contributed by atoms with Crippen LogP contribution in [0.15, 0.2) is 12.1 Å². The van der Waals surface area contributed by atoms with Crippen LogP contribution in [0.25, 0.3) is 0 Å². The van der Waals surface area contributed by atoms with Crippen molar-refractivity contribution < 1.29 is 18.0 Å². The number of amides is 1. The van der Waals surface area contributed by atoms with Gasteiger partial charge in [0.05, 0.1) is 5.56 Å². The molecule has 0 aromatic carbocycles. The van der Waals surface area contributed by atoms with Crippen LogP contribution in [0.5, 0.6) is 0 Å². The van der Waals surface area contributed by atoms with Gasteiger partial charge in [0, 0.05) is 13.6 Å². The molecule has 2 N–H and O–H groups in total. The lowest BCUT2D eigenvalue weighted by molar-refractivity contribution is -0.141. The minimum atomic E-state index is -4.54. The Morgan fingerprint density at radius 3 is 2.58 bits per heavy atom. The second kappa shape index (κ2) is 4.71. The van der Waals surface area contributed by atoms with E-state index in [1.807, 2.05) is 0 Å². The van der Waals surface area contributed by atoms with Gasteiger partial charge in [-0.3, -0.25) is 4.79 Å². The summed E-state index contributed by atoms with van der Waals surface area (Å²) in [5, 5.41) is 0. The molecule has 1 amide bonds. The molecular formula is C12H14F3N3O. The van der Waals surface area contributed by atoms with Crippen LogP contribution in [0.4, 0.5) is 19.0 Å². The van der Waals surface area contributed by atoms with E-state index in [9.17, 15) is 18.0 Å². The number of alkyl halides is 3. The Bertz CT molecular complexity index is 497. The van der Waals surface area contributed by atoms with Gasteiger partial charge in [-0.15, -0.1) is 0 Å². The molecule has 0 aliphatic heterocycles. The molecule has 0 unspecified atom stereocenters. The third-order valence-corrected chi connectivity index (χ3v) is 3.02. The number of halogens is 3. The van der Waals surface area contributed by atoms with Crippen LogP contribution in [-0.2, 0) is 6.18 Å². The summed E-state index contributed by atoms with van der Waals surface area (Å²) in [6, 6.07) is 1.85. The lowest BCUT2D eigenvalue weighted by Gasteiger charge is -2.21. The van der Waals surface area contributed by atoms with Gasteiger partial charge in [0.15, 0.2) is 0 Å². The molecule has 4 nitrogen and oxygen atoms in total.